The Morgan fingerprint density at radius 1 is 0.967 bits per heavy atom. The first-order valence-electron chi connectivity index (χ1n) is 11.2. The molecule has 0 radical (unpaired) electrons. The van der Waals surface area contributed by atoms with E-state index in [9.17, 15) is 8.78 Å². The monoisotopic (exact) mass is 408 g/mol. The second-order valence-corrected chi connectivity index (χ2v) is 8.41. The van der Waals surface area contributed by atoms with Gasteiger partial charge in [-0.1, -0.05) is 69.7 Å². The second kappa shape index (κ2) is 8.37. The lowest BCUT2D eigenvalue weighted by Crippen LogP contribution is -2.29. The van der Waals surface area contributed by atoms with E-state index in [1.807, 2.05) is 18.2 Å². The van der Waals surface area contributed by atoms with E-state index in [4.69, 9.17) is 4.74 Å². The summed E-state index contributed by atoms with van der Waals surface area (Å²) in [5, 5.41) is 1.71. The van der Waals surface area contributed by atoms with Gasteiger partial charge >= 0.3 is 6.11 Å². The van der Waals surface area contributed by atoms with Crippen molar-refractivity contribution in [3.05, 3.63) is 65.2 Å². The largest absolute Gasteiger partial charge is 0.432 e. The number of fused-ring (bicyclic) bond motifs is 3. The highest BCUT2D eigenvalue weighted by atomic mass is 19.3. The Hall–Kier alpha value is -2.42. The minimum atomic E-state index is -3.09. The molecule has 0 aromatic heterocycles. The Morgan fingerprint density at radius 2 is 1.77 bits per heavy atom. The van der Waals surface area contributed by atoms with E-state index in [0.29, 0.717) is 18.1 Å². The molecule has 0 N–H and O–H groups in total. The van der Waals surface area contributed by atoms with E-state index in [0.717, 1.165) is 47.6 Å². The number of hydrogen-bond donors (Lipinski definition) is 0. The van der Waals surface area contributed by atoms with E-state index in [2.05, 4.69) is 51.1 Å². The molecule has 0 fully saturated rings. The van der Waals surface area contributed by atoms with Crippen LogP contribution in [0, 0.1) is 0 Å². The van der Waals surface area contributed by atoms with Crippen molar-refractivity contribution in [3.63, 3.8) is 0 Å². The third-order valence-electron chi connectivity index (χ3n) is 6.38. The summed E-state index contributed by atoms with van der Waals surface area (Å²) in [7, 11) is 0. The normalized spacial score (nSPS) is 15.3. The number of alkyl halides is 2. The predicted octanol–water partition coefficient (Wildman–Crippen LogP) is 8.28. The van der Waals surface area contributed by atoms with Gasteiger partial charge < -0.3 is 4.74 Å². The van der Waals surface area contributed by atoms with E-state index in [-0.39, 0.29) is 6.42 Å². The van der Waals surface area contributed by atoms with Crippen molar-refractivity contribution < 1.29 is 13.5 Å². The summed E-state index contributed by atoms with van der Waals surface area (Å²) in [5.41, 5.74) is 6.02. The van der Waals surface area contributed by atoms with Crippen molar-refractivity contribution in [1.29, 1.82) is 0 Å². The summed E-state index contributed by atoms with van der Waals surface area (Å²) in [6, 6.07) is 16.9. The molecule has 3 aromatic rings. The Morgan fingerprint density at radius 3 is 2.50 bits per heavy atom. The molecular weight excluding hydrogens is 378 g/mol. The SMILES string of the molecule is CCCc1ccc(-c2ccc3c4c(ccc3c2)CCC(F)(F)O4)c(C(CC)CC)c1. The molecule has 0 amide bonds. The van der Waals surface area contributed by atoms with Gasteiger partial charge in [-0.3, -0.25) is 0 Å². The van der Waals surface area contributed by atoms with Crippen molar-refractivity contribution in [2.45, 2.75) is 71.3 Å². The highest BCUT2D eigenvalue weighted by molar-refractivity contribution is 5.93. The molecule has 0 saturated heterocycles. The Labute approximate surface area is 178 Å². The van der Waals surface area contributed by atoms with Crippen LogP contribution in [0.4, 0.5) is 8.78 Å². The summed E-state index contributed by atoms with van der Waals surface area (Å²) >= 11 is 0. The average Bonchev–Trinajstić information content (AvgIpc) is 2.74. The number of benzene rings is 3. The third kappa shape index (κ3) is 3.95. The highest BCUT2D eigenvalue weighted by Gasteiger charge is 2.36. The van der Waals surface area contributed by atoms with Crippen LogP contribution in [0.3, 0.4) is 0 Å². The number of ether oxygens (including phenoxy) is 1. The van der Waals surface area contributed by atoms with Gasteiger partial charge in [0.05, 0.1) is 6.42 Å². The maximum absolute atomic E-state index is 13.9. The van der Waals surface area contributed by atoms with Gasteiger partial charge in [0.15, 0.2) is 0 Å². The van der Waals surface area contributed by atoms with Gasteiger partial charge in [0.1, 0.15) is 5.75 Å². The molecule has 0 spiro atoms. The molecule has 0 unspecified atom stereocenters. The van der Waals surface area contributed by atoms with Crippen LogP contribution in [-0.4, -0.2) is 6.11 Å². The van der Waals surface area contributed by atoms with Crippen molar-refractivity contribution >= 4 is 10.8 Å². The first kappa shape index (κ1) is 20.8. The predicted molar refractivity (Wildman–Crippen MR) is 121 cm³/mol. The highest BCUT2D eigenvalue weighted by Crippen LogP contribution is 2.42. The van der Waals surface area contributed by atoms with E-state index < -0.39 is 6.11 Å². The van der Waals surface area contributed by atoms with Gasteiger partial charge in [-0.05, 0) is 70.9 Å². The van der Waals surface area contributed by atoms with E-state index in [1.54, 1.807) is 0 Å². The zero-order valence-corrected chi connectivity index (χ0v) is 18.1. The van der Waals surface area contributed by atoms with Crippen molar-refractivity contribution in [2.75, 3.05) is 0 Å². The quantitative estimate of drug-likeness (QED) is 0.399. The lowest BCUT2D eigenvalue weighted by atomic mass is 9.85. The van der Waals surface area contributed by atoms with Gasteiger partial charge in [0.25, 0.3) is 0 Å². The molecule has 0 saturated carbocycles. The number of hydrogen-bond acceptors (Lipinski definition) is 1. The van der Waals surface area contributed by atoms with Crippen LogP contribution in [0.2, 0.25) is 0 Å². The summed E-state index contributed by atoms with van der Waals surface area (Å²) in [5.74, 6) is 0.854. The van der Waals surface area contributed by atoms with Gasteiger partial charge in [-0.15, -0.1) is 0 Å². The van der Waals surface area contributed by atoms with Crippen LogP contribution in [0.25, 0.3) is 21.9 Å². The maximum Gasteiger partial charge on any atom is 0.398 e. The topological polar surface area (TPSA) is 9.23 Å². The van der Waals surface area contributed by atoms with Crippen LogP contribution in [0.1, 0.15) is 69.1 Å². The maximum atomic E-state index is 13.9. The molecule has 1 aliphatic rings. The molecule has 1 heterocycles. The molecule has 3 aromatic carbocycles. The van der Waals surface area contributed by atoms with E-state index >= 15 is 0 Å². The standard InChI is InChI=1S/C27H30F2O/c1-4-7-18-8-12-23(25(16-18)19(5-2)6-3)21-11-13-24-22(17-21)10-9-20-14-15-27(28,29)30-26(20)24/h8-13,16-17,19H,4-7,14-15H2,1-3H3. The summed E-state index contributed by atoms with van der Waals surface area (Å²) in [4.78, 5) is 0. The zero-order chi connectivity index (χ0) is 21.3. The smallest absolute Gasteiger partial charge is 0.398 e. The fourth-order valence-corrected chi connectivity index (χ4v) is 4.70. The summed E-state index contributed by atoms with van der Waals surface area (Å²) in [6.45, 7) is 6.70. The minimum absolute atomic E-state index is 0.257. The second-order valence-electron chi connectivity index (χ2n) is 8.41. The van der Waals surface area contributed by atoms with Crippen molar-refractivity contribution in [3.8, 4) is 16.9 Å². The number of halogens is 2. The first-order valence-corrected chi connectivity index (χ1v) is 11.2. The fourth-order valence-electron chi connectivity index (χ4n) is 4.70. The molecule has 0 atom stereocenters. The van der Waals surface area contributed by atoms with Crippen LogP contribution in [0.15, 0.2) is 48.5 Å². The molecule has 4 rings (SSSR count). The number of aryl methyl sites for hydroxylation is 2. The molecule has 3 heteroatoms. The van der Waals surface area contributed by atoms with Gasteiger partial charge in [-0.2, -0.15) is 8.78 Å². The Kier molecular flexibility index (Phi) is 5.81. The third-order valence-corrected chi connectivity index (χ3v) is 6.38. The number of rotatable bonds is 6. The summed E-state index contributed by atoms with van der Waals surface area (Å²) in [6.07, 6.45) is 1.42. The van der Waals surface area contributed by atoms with Gasteiger partial charge in [0.2, 0.25) is 0 Å². The molecule has 1 nitrogen and oxygen atoms in total. The first-order chi connectivity index (χ1) is 14.5. The lowest BCUT2D eigenvalue weighted by Gasteiger charge is -2.26. The molecule has 0 bridgehead atoms. The zero-order valence-electron chi connectivity index (χ0n) is 18.1. The van der Waals surface area contributed by atoms with Crippen molar-refractivity contribution in [2.24, 2.45) is 0 Å². The molecule has 158 valence electrons. The average molecular weight is 409 g/mol. The van der Waals surface area contributed by atoms with Crippen LogP contribution < -0.4 is 4.74 Å². The summed E-state index contributed by atoms with van der Waals surface area (Å²) < 4.78 is 32.8. The minimum Gasteiger partial charge on any atom is -0.432 e. The molecular formula is C27H30F2O. The fraction of sp³-hybridized carbons (Fsp3) is 0.407. The molecule has 0 aliphatic carbocycles. The van der Waals surface area contributed by atoms with Gasteiger partial charge in [0, 0.05) is 5.39 Å². The van der Waals surface area contributed by atoms with Crippen LogP contribution >= 0.6 is 0 Å². The van der Waals surface area contributed by atoms with Crippen LogP contribution in [-0.2, 0) is 12.8 Å². The Bertz CT molecular complexity index is 1050. The van der Waals surface area contributed by atoms with E-state index in [1.165, 1.54) is 16.7 Å². The molecule has 1 aliphatic heterocycles. The van der Waals surface area contributed by atoms with Crippen molar-refractivity contribution in [1.82, 2.24) is 0 Å². The van der Waals surface area contributed by atoms with Crippen LogP contribution in [0.5, 0.6) is 5.75 Å². The lowest BCUT2D eigenvalue weighted by molar-refractivity contribution is -0.186. The van der Waals surface area contributed by atoms with Gasteiger partial charge in [-0.25, -0.2) is 0 Å². The molecule has 30 heavy (non-hydrogen) atoms. The Balaban J connectivity index is 1.82.